The Morgan fingerprint density at radius 1 is 0.524 bits per heavy atom. The molecule has 0 aromatic rings. The summed E-state index contributed by atoms with van der Waals surface area (Å²) in [4.78, 5) is 46.0. The fourth-order valence-corrected chi connectivity index (χ4v) is 7.29. The van der Waals surface area contributed by atoms with Gasteiger partial charge in [-0.3, -0.25) is 18.6 Å². The number of esters is 1. The van der Waals surface area contributed by atoms with Gasteiger partial charge in [0.15, 0.2) is 6.04 Å². The summed E-state index contributed by atoms with van der Waals surface area (Å²) in [6.07, 6.45) is 55.1. The minimum Gasteiger partial charge on any atom is -0.480 e. The van der Waals surface area contributed by atoms with Crippen LogP contribution < -0.4 is 5.32 Å². The summed E-state index contributed by atoms with van der Waals surface area (Å²) in [5.74, 6) is -2.46. The molecule has 0 spiro atoms. The Hall–Kier alpha value is -3.08. The molecule has 3 unspecified atom stereocenters. The fraction of sp³-hybridized carbons (Fsp3) is 0.706. The highest BCUT2D eigenvalue weighted by Crippen LogP contribution is 2.43. The van der Waals surface area contributed by atoms with E-state index >= 15 is 0 Å². The van der Waals surface area contributed by atoms with Gasteiger partial charge in [-0.15, -0.1) is 0 Å². The number of carboxylic acids is 1. The molecule has 0 radical (unpaired) electrons. The Morgan fingerprint density at radius 2 is 0.905 bits per heavy atom. The zero-order chi connectivity index (χ0) is 46.3. The molecule has 11 nitrogen and oxygen atoms in total. The van der Waals surface area contributed by atoms with Gasteiger partial charge in [0.05, 0.1) is 13.2 Å². The van der Waals surface area contributed by atoms with Gasteiger partial charge in [-0.1, -0.05) is 209 Å². The Balaban J connectivity index is 3.93. The van der Waals surface area contributed by atoms with E-state index in [-0.39, 0.29) is 12.8 Å². The quantitative estimate of drug-likeness (QED) is 0.0200. The van der Waals surface area contributed by atoms with Crippen molar-refractivity contribution in [1.82, 2.24) is 5.32 Å². The lowest BCUT2D eigenvalue weighted by Crippen LogP contribution is -2.43. The number of aliphatic carboxylic acids is 1. The van der Waals surface area contributed by atoms with Gasteiger partial charge in [-0.25, -0.2) is 9.36 Å². The van der Waals surface area contributed by atoms with Gasteiger partial charge in [0.25, 0.3) is 0 Å². The molecule has 0 aromatic heterocycles. The summed E-state index contributed by atoms with van der Waals surface area (Å²) in [6.45, 7) is 2.42. The third kappa shape index (κ3) is 45.3. The molecule has 0 saturated heterocycles. The average molecular weight is 906 g/mol. The molecule has 0 heterocycles. The number of aliphatic hydroxyl groups excluding tert-OH is 1. The molecule has 12 heteroatoms. The van der Waals surface area contributed by atoms with Crippen LogP contribution in [0.3, 0.4) is 0 Å². The number of allylic oxidation sites excluding steroid dienone is 12. The molecule has 3 atom stereocenters. The third-order valence-electron chi connectivity index (χ3n) is 10.3. The van der Waals surface area contributed by atoms with Crippen LogP contribution in [0.4, 0.5) is 0 Å². The predicted octanol–water partition coefficient (Wildman–Crippen LogP) is 13.3. The van der Waals surface area contributed by atoms with Gasteiger partial charge >= 0.3 is 19.8 Å². The van der Waals surface area contributed by atoms with Gasteiger partial charge in [0, 0.05) is 12.8 Å². The van der Waals surface area contributed by atoms with Crippen LogP contribution in [0, 0.1) is 0 Å². The molecule has 4 N–H and O–H groups in total. The van der Waals surface area contributed by atoms with Crippen LogP contribution in [0.2, 0.25) is 0 Å². The molecule has 362 valence electrons. The van der Waals surface area contributed by atoms with E-state index in [0.717, 1.165) is 57.8 Å². The van der Waals surface area contributed by atoms with E-state index < -0.39 is 57.6 Å². The van der Waals surface area contributed by atoms with Crippen LogP contribution in [0.25, 0.3) is 0 Å². The van der Waals surface area contributed by atoms with Crippen molar-refractivity contribution in [3.05, 3.63) is 72.9 Å². The van der Waals surface area contributed by atoms with E-state index in [2.05, 4.69) is 79.9 Å². The summed E-state index contributed by atoms with van der Waals surface area (Å²) in [6, 6.07) is -1.56. The van der Waals surface area contributed by atoms with Crippen LogP contribution in [-0.2, 0) is 32.7 Å². The summed E-state index contributed by atoms with van der Waals surface area (Å²) in [7, 11) is -4.78. The molecule has 0 aromatic carbocycles. The smallest absolute Gasteiger partial charge is 0.472 e. The molecule has 0 saturated carbocycles. The molecule has 1 amide bonds. The number of phosphoric ester groups is 1. The van der Waals surface area contributed by atoms with Gasteiger partial charge < -0.3 is 25.2 Å². The number of carboxylic acid groups (broad SMARTS) is 1. The Bertz CT molecular complexity index is 1340. The second kappa shape index (κ2) is 45.5. The first-order valence-corrected chi connectivity index (χ1v) is 26.0. The number of carbonyl (C=O) groups excluding carboxylic acids is 2. The first-order chi connectivity index (χ1) is 30.6. The van der Waals surface area contributed by atoms with E-state index in [0.29, 0.717) is 12.8 Å². The minimum atomic E-state index is -4.78. The molecule has 0 aliphatic rings. The fourth-order valence-electron chi connectivity index (χ4n) is 6.52. The second-order valence-electron chi connectivity index (χ2n) is 16.3. The summed E-state index contributed by atoms with van der Waals surface area (Å²) < 4.78 is 26.8. The number of amides is 1. The van der Waals surface area contributed by atoms with Crippen molar-refractivity contribution < 1.29 is 47.8 Å². The second-order valence-corrected chi connectivity index (χ2v) is 17.7. The van der Waals surface area contributed by atoms with Gasteiger partial charge in [-0.05, 0) is 51.4 Å². The van der Waals surface area contributed by atoms with Crippen molar-refractivity contribution in [3.8, 4) is 0 Å². The van der Waals surface area contributed by atoms with Crippen molar-refractivity contribution in [1.29, 1.82) is 0 Å². The van der Waals surface area contributed by atoms with E-state index in [1.807, 2.05) is 12.2 Å². The number of hydrogen-bond donors (Lipinski definition) is 4. The molecule has 0 aliphatic heterocycles. The van der Waals surface area contributed by atoms with E-state index in [1.165, 1.54) is 103 Å². The zero-order valence-electron chi connectivity index (χ0n) is 39.4. The monoisotopic (exact) mass is 906 g/mol. The molecular weight excluding hydrogens is 818 g/mol. The highest BCUT2D eigenvalue weighted by molar-refractivity contribution is 7.47. The van der Waals surface area contributed by atoms with Crippen LogP contribution >= 0.6 is 7.82 Å². The van der Waals surface area contributed by atoms with E-state index in [1.54, 1.807) is 0 Å². The number of unbranched alkanes of at least 4 members (excludes halogenated alkanes) is 19. The molecule has 0 fully saturated rings. The highest BCUT2D eigenvalue weighted by Gasteiger charge is 2.28. The van der Waals surface area contributed by atoms with E-state index in [4.69, 9.17) is 13.8 Å². The topological polar surface area (TPSA) is 169 Å². The maximum atomic E-state index is 12.4. The molecule has 63 heavy (non-hydrogen) atoms. The lowest BCUT2D eigenvalue weighted by Gasteiger charge is -2.18. The summed E-state index contributed by atoms with van der Waals surface area (Å²) in [5.41, 5.74) is 0. The molecular formula is C51H88NO10P. The maximum absolute atomic E-state index is 12.4. The number of nitrogens with one attached hydrogen (secondary N) is 1. The van der Waals surface area contributed by atoms with Crippen LogP contribution in [0.15, 0.2) is 72.9 Å². The van der Waals surface area contributed by atoms with Crippen molar-refractivity contribution in [2.45, 2.75) is 212 Å². The van der Waals surface area contributed by atoms with E-state index in [9.17, 15) is 34.1 Å². The lowest BCUT2D eigenvalue weighted by molar-refractivity contribution is -0.147. The molecule has 0 aliphatic carbocycles. The highest BCUT2D eigenvalue weighted by atomic mass is 31.2. The first kappa shape index (κ1) is 59.9. The number of rotatable bonds is 45. The van der Waals surface area contributed by atoms with Crippen molar-refractivity contribution in [3.63, 3.8) is 0 Å². The average Bonchev–Trinajstić information content (AvgIpc) is 3.26. The summed E-state index contributed by atoms with van der Waals surface area (Å²) >= 11 is 0. The van der Waals surface area contributed by atoms with Crippen LogP contribution in [-0.4, -0.2) is 64.9 Å². The number of ether oxygens (including phenoxy) is 1. The molecule has 0 bridgehead atoms. The summed E-state index contributed by atoms with van der Waals surface area (Å²) in [5, 5.41) is 21.9. The normalized spacial score (nSPS) is 14.2. The maximum Gasteiger partial charge on any atom is 0.472 e. The zero-order valence-corrected chi connectivity index (χ0v) is 40.3. The largest absolute Gasteiger partial charge is 0.480 e. The van der Waals surface area contributed by atoms with Crippen LogP contribution in [0.1, 0.15) is 200 Å². The lowest BCUT2D eigenvalue weighted by atomic mass is 10.0. The standard InChI is InChI=1S/C51H88NO10P/c1-3-5-7-9-11-13-15-17-19-21-23-25-26-28-30-32-34-36-38-40-42-49(54)52-48(51(56)57)46-62-63(58,59)61-45-47(53)44-60-50(55)43-41-39-37-35-33-31-29-27-24-22-20-18-16-14-12-10-8-6-4-2/h6,8,12,14,18,20,24,27,31,33,37,39,47-48,53H,3-5,7,9-11,13,15-17,19,21-23,25-26,28-30,32,34-36,38,40-46H2,1-2H3,(H,52,54)(H,56,57)(H,58,59)/b8-6-,14-12-,20-18-,27-24-,33-31-,39-37-. The SMILES string of the molecule is CC/C=C\C/C=C\C/C=C\C/C=C\C/C=C\C/C=C\CCC(=O)OCC(O)COP(=O)(O)OCC(NC(=O)CCCCCCCCCCCCCCCCCCCCCC)C(=O)O. The van der Waals surface area contributed by atoms with Crippen molar-refractivity contribution >= 4 is 25.7 Å². The van der Waals surface area contributed by atoms with Gasteiger partial charge in [-0.2, -0.15) is 0 Å². The van der Waals surface area contributed by atoms with Gasteiger partial charge in [0.1, 0.15) is 12.7 Å². The number of aliphatic hydroxyl groups is 1. The number of carbonyl (C=O) groups is 3. The number of hydrogen-bond acceptors (Lipinski definition) is 8. The van der Waals surface area contributed by atoms with Crippen LogP contribution in [0.5, 0.6) is 0 Å². The first-order valence-electron chi connectivity index (χ1n) is 24.5. The van der Waals surface area contributed by atoms with Crippen molar-refractivity contribution in [2.24, 2.45) is 0 Å². The van der Waals surface area contributed by atoms with Gasteiger partial charge in [0.2, 0.25) is 5.91 Å². The Kier molecular flexibility index (Phi) is 43.3. The van der Waals surface area contributed by atoms with Crippen molar-refractivity contribution in [2.75, 3.05) is 19.8 Å². The predicted molar refractivity (Wildman–Crippen MR) is 258 cm³/mol. The Labute approximate surface area is 382 Å². The third-order valence-corrected chi connectivity index (χ3v) is 11.2. The molecule has 0 rings (SSSR count). The number of phosphoric acid groups is 1. The Morgan fingerprint density at radius 3 is 1.32 bits per heavy atom. The minimum absolute atomic E-state index is 0.0965.